The largest absolute Gasteiger partial charge is 0.467 e. The van der Waals surface area contributed by atoms with Crippen molar-refractivity contribution in [3.05, 3.63) is 59.8 Å². The molecule has 0 bridgehead atoms. The smallest absolute Gasteiger partial charge is 0.191 e. The number of nitrogens with zero attached hydrogens (tertiary/aromatic N) is 1. The van der Waals surface area contributed by atoms with Crippen molar-refractivity contribution < 1.29 is 8.81 Å². The van der Waals surface area contributed by atoms with Gasteiger partial charge in [0.2, 0.25) is 0 Å². The van der Waals surface area contributed by atoms with E-state index < -0.39 is 0 Å². The first-order valence-electron chi connectivity index (χ1n) is 8.02. The monoisotopic (exact) mass is 315 g/mol. The molecule has 3 rings (SSSR count). The molecule has 2 N–H and O–H groups in total. The lowest BCUT2D eigenvalue weighted by Crippen LogP contribution is -2.41. The molecule has 1 aromatic carbocycles. The van der Waals surface area contributed by atoms with E-state index >= 15 is 0 Å². The van der Waals surface area contributed by atoms with Gasteiger partial charge in [0.1, 0.15) is 18.1 Å². The lowest BCUT2D eigenvalue weighted by Gasteiger charge is -2.19. The third-order valence-corrected chi connectivity index (χ3v) is 4.20. The van der Waals surface area contributed by atoms with Crippen LogP contribution in [0.5, 0.6) is 0 Å². The molecule has 4 nitrogen and oxygen atoms in total. The Balaban J connectivity index is 1.63. The minimum absolute atomic E-state index is 0.0307. The number of rotatable bonds is 6. The summed E-state index contributed by atoms with van der Waals surface area (Å²) in [6, 6.07) is 10.7. The van der Waals surface area contributed by atoms with E-state index in [0.29, 0.717) is 6.54 Å². The number of aliphatic imine (C=N–C) groups is 1. The van der Waals surface area contributed by atoms with Crippen LogP contribution in [0, 0.1) is 5.82 Å². The van der Waals surface area contributed by atoms with Crippen LogP contribution in [0.4, 0.5) is 4.39 Å². The van der Waals surface area contributed by atoms with Gasteiger partial charge in [0.05, 0.1) is 6.26 Å². The fourth-order valence-corrected chi connectivity index (χ4v) is 2.69. The number of guanidine groups is 1. The molecule has 122 valence electrons. The zero-order chi connectivity index (χ0) is 16.1. The number of furan rings is 1. The van der Waals surface area contributed by atoms with Crippen LogP contribution < -0.4 is 10.6 Å². The summed E-state index contributed by atoms with van der Waals surface area (Å²) >= 11 is 0. The van der Waals surface area contributed by atoms with Gasteiger partial charge in [-0.2, -0.15) is 0 Å². The topological polar surface area (TPSA) is 49.6 Å². The molecule has 2 aromatic rings. The van der Waals surface area contributed by atoms with E-state index in [1.54, 1.807) is 18.4 Å². The average molecular weight is 315 g/mol. The summed E-state index contributed by atoms with van der Waals surface area (Å²) in [4.78, 5) is 4.52. The molecule has 1 heterocycles. The van der Waals surface area contributed by atoms with Crippen LogP contribution in [0.2, 0.25) is 0 Å². The average Bonchev–Trinajstić information content (AvgIpc) is 3.17. The first-order valence-corrected chi connectivity index (χ1v) is 8.02. The van der Waals surface area contributed by atoms with Crippen LogP contribution >= 0.6 is 0 Å². The number of halogens is 1. The fraction of sp³-hybridized carbons (Fsp3) is 0.389. The summed E-state index contributed by atoms with van der Waals surface area (Å²) in [5.41, 5.74) is 1.09. The van der Waals surface area contributed by atoms with Crippen molar-refractivity contribution in [3.8, 4) is 0 Å². The van der Waals surface area contributed by atoms with E-state index in [1.165, 1.54) is 6.07 Å². The molecule has 5 heteroatoms. The minimum atomic E-state index is -0.174. The minimum Gasteiger partial charge on any atom is -0.467 e. The SMILES string of the molecule is CCNC(=NCc1ccco1)NCC1(c2cccc(F)c2)CC1. The van der Waals surface area contributed by atoms with Gasteiger partial charge in [-0.1, -0.05) is 12.1 Å². The molecule has 0 aliphatic heterocycles. The maximum Gasteiger partial charge on any atom is 0.191 e. The maximum atomic E-state index is 13.5. The van der Waals surface area contributed by atoms with Gasteiger partial charge in [0.25, 0.3) is 0 Å². The quantitative estimate of drug-likeness (QED) is 0.636. The Hall–Kier alpha value is -2.30. The predicted molar refractivity (Wildman–Crippen MR) is 88.8 cm³/mol. The Morgan fingerprint density at radius 2 is 2.13 bits per heavy atom. The van der Waals surface area contributed by atoms with E-state index in [4.69, 9.17) is 4.42 Å². The Morgan fingerprint density at radius 3 is 2.78 bits per heavy atom. The molecule has 1 aliphatic rings. The molecule has 1 aromatic heterocycles. The molecule has 0 atom stereocenters. The van der Waals surface area contributed by atoms with E-state index in [9.17, 15) is 4.39 Å². The number of hydrogen-bond acceptors (Lipinski definition) is 2. The van der Waals surface area contributed by atoms with Crippen molar-refractivity contribution in [2.45, 2.75) is 31.7 Å². The second-order valence-corrected chi connectivity index (χ2v) is 5.92. The van der Waals surface area contributed by atoms with Gasteiger partial charge in [-0.05, 0) is 49.6 Å². The Bertz CT molecular complexity index is 663. The Labute approximate surface area is 135 Å². The second-order valence-electron chi connectivity index (χ2n) is 5.92. The molecule has 0 unspecified atom stereocenters. The van der Waals surface area contributed by atoms with Gasteiger partial charge in [0, 0.05) is 18.5 Å². The maximum absolute atomic E-state index is 13.5. The van der Waals surface area contributed by atoms with E-state index in [0.717, 1.165) is 43.2 Å². The Morgan fingerprint density at radius 1 is 1.26 bits per heavy atom. The highest BCUT2D eigenvalue weighted by Crippen LogP contribution is 2.47. The lowest BCUT2D eigenvalue weighted by molar-refractivity contribution is 0.511. The summed E-state index contributed by atoms with van der Waals surface area (Å²) in [6.07, 6.45) is 3.79. The first kappa shape index (κ1) is 15.6. The molecule has 0 spiro atoms. The summed E-state index contributed by atoms with van der Waals surface area (Å²) in [5, 5.41) is 6.61. The zero-order valence-electron chi connectivity index (χ0n) is 13.3. The Kier molecular flexibility index (Phi) is 4.65. The van der Waals surface area contributed by atoms with E-state index in [2.05, 4.69) is 15.6 Å². The second kappa shape index (κ2) is 6.86. The van der Waals surface area contributed by atoms with Crippen molar-refractivity contribution in [1.82, 2.24) is 10.6 Å². The standard InChI is InChI=1S/C18H22FN3O/c1-2-20-17(21-12-16-7-4-10-23-16)22-13-18(8-9-18)14-5-3-6-15(19)11-14/h3-7,10-11H,2,8-9,12-13H2,1H3,(H2,20,21,22). The van der Waals surface area contributed by atoms with Gasteiger partial charge < -0.3 is 15.1 Å². The summed E-state index contributed by atoms with van der Waals surface area (Å²) in [6.45, 7) is 4.07. The lowest BCUT2D eigenvalue weighted by atomic mass is 9.96. The number of benzene rings is 1. The van der Waals surface area contributed by atoms with Gasteiger partial charge in [-0.25, -0.2) is 9.38 Å². The van der Waals surface area contributed by atoms with Gasteiger partial charge in [-0.15, -0.1) is 0 Å². The normalized spacial score (nSPS) is 16.2. The predicted octanol–water partition coefficient (Wildman–Crippen LogP) is 3.21. The molecule has 0 amide bonds. The van der Waals surface area contributed by atoms with Crippen molar-refractivity contribution in [1.29, 1.82) is 0 Å². The van der Waals surface area contributed by atoms with Crippen molar-refractivity contribution >= 4 is 5.96 Å². The van der Waals surface area contributed by atoms with E-state index in [-0.39, 0.29) is 11.2 Å². The van der Waals surface area contributed by atoms with Crippen LogP contribution in [-0.2, 0) is 12.0 Å². The third kappa shape index (κ3) is 3.92. The van der Waals surface area contributed by atoms with Crippen molar-refractivity contribution in [2.24, 2.45) is 4.99 Å². The first-order chi connectivity index (χ1) is 11.2. The third-order valence-electron chi connectivity index (χ3n) is 4.20. The molecule has 1 fully saturated rings. The van der Waals surface area contributed by atoms with Gasteiger partial charge in [-0.3, -0.25) is 0 Å². The van der Waals surface area contributed by atoms with Crippen molar-refractivity contribution in [2.75, 3.05) is 13.1 Å². The van der Waals surface area contributed by atoms with Gasteiger partial charge >= 0.3 is 0 Å². The van der Waals surface area contributed by atoms with Crippen LogP contribution in [0.3, 0.4) is 0 Å². The molecule has 1 saturated carbocycles. The van der Waals surface area contributed by atoms with Crippen molar-refractivity contribution in [3.63, 3.8) is 0 Å². The number of hydrogen-bond donors (Lipinski definition) is 2. The molecular weight excluding hydrogens is 293 g/mol. The number of nitrogens with one attached hydrogen (secondary N) is 2. The molecule has 1 aliphatic carbocycles. The highest BCUT2D eigenvalue weighted by molar-refractivity contribution is 5.79. The molecule has 23 heavy (non-hydrogen) atoms. The summed E-state index contributed by atoms with van der Waals surface area (Å²) < 4.78 is 18.8. The van der Waals surface area contributed by atoms with Crippen LogP contribution in [-0.4, -0.2) is 19.0 Å². The summed E-state index contributed by atoms with van der Waals surface area (Å²) in [5.74, 6) is 1.41. The summed E-state index contributed by atoms with van der Waals surface area (Å²) in [7, 11) is 0. The zero-order valence-corrected chi connectivity index (χ0v) is 13.3. The van der Waals surface area contributed by atoms with E-state index in [1.807, 2.05) is 25.1 Å². The van der Waals surface area contributed by atoms with Gasteiger partial charge in [0.15, 0.2) is 5.96 Å². The highest BCUT2D eigenvalue weighted by Gasteiger charge is 2.44. The van der Waals surface area contributed by atoms with Crippen LogP contribution in [0.1, 0.15) is 31.1 Å². The molecular formula is C18H22FN3O. The van der Waals surface area contributed by atoms with Crippen LogP contribution in [0.15, 0.2) is 52.1 Å². The van der Waals surface area contributed by atoms with Crippen LogP contribution in [0.25, 0.3) is 0 Å². The highest BCUT2D eigenvalue weighted by atomic mass is 19.1. The fourth-order valence-electron chi connectivity index (χ4n) is 2.69. The molecule has 0 radical (unpaired) electrons. The molecule has 0 saturated heterocycles.